The minimum Gasteiger partial charge on any atom is -0.507 e. The maximum atomic E-state index is 12.7. The Morgan fingerprint density at radius 2 is 1.26 bits per heavy atom. The number of ether oxygens (including phenoxy) is 5. The molecule has 2 fully saturated rings. The minimum atomic E-state index is -3.05. The van der Waals surface area contributed by atoms with Crippen molar-refractivity contribution in [1.82, 2.24) is 24.0 Å². The van der Waals surface area contributed by atoms with Crippen LogP contribution < -0.4 is 82.7 Å². The van der Waals surface area contributed by atoms with Gasteiger partial charge in [0.2, 0.25) is 0 Å². The number of rotatable bonds is 21. The highest BCUT2D eigenvalue weighted by atomic mass is 32.2. The number of sulfone groups is 1. The van der Waals surface area contributed by atoms with Crippen molar-refractivity contribution in [2.75, 3.05) is 45.0 Å². The van der Waals surface area contributed by atoms with Crippen molar-refractivity contribution in [3.05, 3.63) is 220 Å². The van der Waals surface area contributed by atoms with E-state index in [0.717, 1.165) is 51.9 Å². The number of thiazole rings is 4. The van der Waals surface area contributed by atoms with Crippen molar-refractivity contribution >= 4 is 158 Å². The van der Waals surface area contributed by atoms with Gasteiger partial charge in [0.1, 0.15) is 38.9 Å². The van der Waals surface area contributed by atoms with Crippen LogP contribution in [-0.2, 0) is 30.8 Å². The third-order valence-corrected chi connectivity index (χ3v) is 21.5. The maximum Gasteiger partial charge on any atom is 0.341 e. The molecule has 0 saturated carbocycles. The number of carbonyl (C=O) groups excluding carboxylic acids is 2. The number of unbranched alkanes of at least 4 members (excludes halogenated alkanes) is 1. The van der Waals surface area contributed by atoms with Crippen molar-refractivity contribution in [3.8, 4) is 40.2 Å². The normalized spacial score (nSPS) is 14.8. The summed E-state index contributed by atoms with van der Waals surface area (Å²) in [7, 11) is -1.60. The first-order valence-electron chi connectivity index (χ1n) is 32.3. The van der Waals surface area contributed by atoms with E-state index in [9.17, 15) is 52.2 Å². The zero-order chi connectivity index (χ0) is 75.9. The average molecular weight is 1550 g/mol. The Kier molecular flexibility index (Phi) is 30.2. The first-order chi connectivity index (χ1) is 49.5. The number of nitrogens with one attached hydrogen (secondary N) is 2. The Balaban J connectivity index is 0.000000183. The monoisotopic (exact) mass is 1550 g/mol. The lowest BCUT2D eigenvalue weighted by atomic mass is 10.1. The third-order valence-electron chi connectivity index (χ3n) is 14.7. The van der Waals surface area contributed by atoms with Gasteiger partial charge >= 0.3 is 5.97 Å². The number of methoxy groups -OCH3 is 1. The number of carboxylic acids is 1. The van der Waals surface area contributed by atoms with Crippen molar-refractivity contribution in [2.45, 2.75) is 79.5 Å². The number of aromatic nitrogens is 4. The summed E-state index contributed by atoms with van der Waals surface area (Å²) in [5.41, 5.74) is 2.94. The van der Waals surface area contributed by atoms with Gasteiger partial charge in [-0.1, -0.05) is 124 Å². The van der Waals surface area contributed by atoms with Crippen LogP contribution in [0, 0.1) is 0 Å². The van der Waals surface area contributed by atoms with E-state index in [-0.39, 0.29) is 75.6 Å². The van der Waals surface area contributed by atoms with E-state index in [1.165, 1.54) is 76.4 Å². The molecule has 0 spiro atoms. The Labute approximate surface area is 624 Å². The summed E-state index contributed by atoms with van der Waals surface area (Å²) in [6, 6.07) is 32.0. The number of H-pyrrole nitrogens is 2. The molecule has 2 aliphatic rings. The van der Waals surface area contributed by atoms with Gasteiger partial charge in [-0.05, 0) is 126 Å². The zero-order valence-electron chi connectivity index (χ0n) is 58.1. The summed E-state index contributed by atoms with van der Waals surface area (Å²) in [5.74, 6) is 1.63. The molecule has 548 valence electrons. The number of benzene rings is 5. The Bertz CT molecular complexity index is 5470. The largest absolute Gasteiger partial charge is 0.507 e. The summed E-state index contributed by atoms with van der Waals surface area (Å²) in [6.45, 7) is 27.9. The number of hydrogen-bond donors (Lipinski definition) is 5. The first-order valence-corrected chi connectivity index (χ1v) is 38.6. The zero-order valence-corrected chi connectivity index (χ0v) is 63.8. The van der Waals surface area contributed by atoms with E-state index in [1.807, 2.05) is 88.4 Å². The van der Waals surface area contributed by atoms with Gasteiger partial charge in [0, 0.05) is 34.9 Å². The van der Waals surface area contributed by atoms with Gasteiger partial charge < -0.3 is 49.0 Å². The SMILES string of the molecule is C=c1[nH]c(=O)/c(=C/c2ccccc2OCC(=O)O)s1.C=c1[nH]c(=O)c(=Cc2ccc(OCC)cc2O)s1.C=c1sc(=Cc2ccc(OCCCC)cc2)c(=O)n1C1CCS(=O)(=O)C1.C=c1sc(=Cc2ccccc2OC(C)C)c(=O)n1CC.COc1cccc(/C=C2\SC(=S)N(CC(C)=O)C2=O)c1O. The number of nitrogens with zero attached hydrogens (tertiary/aromatic N) is 3. The standard InChI is InChI=1S/C19H23NO4S2.C16H19NO2S.C14H13NO4S2.C13H11NO4S.C13H13NO3S/c1-3-4-10-24-17-7-5-15(6-8-17)12-18-19(21)20(14(2)25-18)16-9-11-26(22,23)13-16;1-5-17-12(4)20-15(16(17)18)10-13-8-6-7-9-14(13)19-11(2)3;1-8(16)7-15-13(18)11(21-14(15)20)6-9-4-3-5-10(19-2)12(9)17;1-8-14-13(17)11(19-8)6-9-4-2-3-5-10(9)18-7-12(15)16;1-3-17-10-5-4-9(11(15)7-10)6-12-13(16)14-8(2)18-12/h5-8,12,16H,2-4,9-11,13H2,1H3;6-11H,4-5H2,1-3H3;3-6,17H,7H2,1-2H3;2-6H,1,7H2,(H,14,17)(H,15,16);4-7,15H,2-3H2,1H3,(H,14,16)/b;;2*11-6-;. The summed E-state index contributed by atoms with van der Waals surface area (Å²) < 4.78 is 58.7. The van der Waals surface area contributed by atoms with Gasteiger partial charge in [0.25, 0.3) is 28.1 Å². The average Bonchev–Trinajstić information content (AvgIpc) is 1.64. The molecule has 5 aromatic carbocycles. The number of thiocarbonyl (C=S) groups is 1. The van der Waals surface area contributed by atoms with E-state index < -0.39 is 22.4 Å². The van der Waals surface area contributed by atoms with Crippen LogP contribution in [0.4, 0.5) is 0 Å². The summed E-state index contributed by atoms with van der Waals surface area (Å²) in [5, 5.41) is 28.5. The second-order valence-electron chi connectivity index (χ2n) is 23.0. The molecule has 6 heterocycles. The van der Waals surface area contributed by atoms with Crippen LogP contribution in [0.15, 0.2) is 133 Å². The van der Waals surface area contributed by atoms with E-state index in [2.05, 4.69) is 43.2 Å². The quantitative estimate of drug-likeness (QED) is 0.0282. The highest BCUT2D eigenvalue weighted by molar-refractivity contribution is 8.26. The summed E-state index contributed by atoms with van der Waals surface area (Å²) in [6.07, 6.45) is 11.2. The van der Waals surface area contributed by atoms with Gasteiger partial charge in [-0.15, -0.1) is 45.3 Å². The lowest BCUT2D eigenvalue weighted by Gasteiger charge is -2.11. The van der Waals surface area contributed by atoms with Crippen LogP contribution in [0.2, 0.25) is 0 Å². The molecular formula is C75H79N5O17S7. The molecule has 1 atom stereocenters. The lowest BCUT2D eigenvalue weighted by molar-refractivity contribution is -0.139. The van der Waals surface area contributed by atoms with Crippen LogP contribution >= 0.6 is 69.3 Å². The molecule has 11 rings (SSSR count). The molecule has 2 aliphatic heterocycles. The highest BCUT2D eigenvalue weighted by Crippen LogP contribution is 2.37. The van der Waals surface area contributed by atoms with Crippen molar-refractivity contribution in [1.29, 1.82) is 0 Å². The van der Waals surface area contributed by atoms with E-state index in [1.54, 1.807) is 75.9 Å². The number of aromatic hydroxyl groups is 2. The number of aromatic amines is 2. The first kappa shape index (κ1) is 81.4. The maximum absolute atomic E-state index is 12.7. The van der Waals surface area contributed by atoms with Gasteiger partial charge in [0.15, 0.2) is 27.9 Å². The Morgan fingerprint density at radius 1 is 0.683 bits per heavy atom. The number of ketones is 1. The fourth-order valence-corrected chi connectivity index (χ4v) is 16.2. The molecule has 104 heavy (non-hydrogen) atoms. The molecule has 9 aromatic rings. The second-order valence-corrected chi connectivity index (χ2v) is 31.4. The lowest BCUT2D eigenvalue weighted by Crippen LogP contribution is -2.34. The van der Waals surface area contributed by atoms with E-state index in [0.29, 0.717) is 101 Å². The fourth-order valence-electron chi connectivity index (χ4n) is 9.87. The summed E-state index contributed by atoms with van der Waals surface area (Å²) in [4.78, 5) is 88.7. The van der Waals surface area contributed by atoms with Crippen LogP contribution in [0.1, 0.15) is 94.7 Å². The molecule has 1 amide bonds. The molecule has 0 bridgehead atoms. The number of thioether (sulfide) groups is 1. The predicted molar refractivity (Wildman–Crippen MR) is 421 cm³/mol. The molecule has 0 aliphatic carbocycles. The van der Waals surface area contributed by atoms with Gasteiger partial charge in [-0.2, -0.15) is 0 Å². The molecule has 29 heteroatoms. The minimum absolute atomic E-state index is 0.0156. The number of para-hydroxylation sites is 3. The number of phenols is 2. The van der Waals surface area contributed by atoms with Crippen LogP contribution in [0.25, 0.3) is 56.7 Å². The number of hydrogen-bond acceptors (Lipinski definition) is 22. The van der Waals surface area contributed by atoms with E-state index in [4.69, 9.17) is 41.0 Å². The Hall–Kier alpha value is -9.88. The number of aliphatic carboxylic acids is 1. The number of carbonyl (C=O) groups is 3. The number of carboxylic acid groups (broad SMARTS) is 1. The molecule has 0 radical (unpaired) electrons. The Morgan fingerprint density at radius 3 is 1.81 bits per heavy atom. The van der Waals surface area contributed by atoms with Gasteiger partial charge in [-0.3, -0.25) is 42.8 Å². The fraction of sp³-hybridized carbons (Fsp3) is 0.253. The smallest absolute Gasteiger partial charge is 0.341 e. The third kappa shape index (κ3) is 23.3. The van der Waals surface area contributed by atoms with Crippen molar-refractivity contribution in [3.63, 3.8) is 0 Å². The van der Waals surface area contributed by atoms with Crippen molar-refractivity contribution < 1.29 is 61.8 Å². The summed E-state index contributed by atoms with van der Waals surface area (Å²) >= 11 is 11.4. The predicted octanol–water partition coefficient (Wildman–Crippen LogP) is 6.75. The number of Topliss-reactive ketones (excluding diaryl/α,β-unsaturated/α-hetero) is 1. The molecule has 22 nitrogen and oxygen atoms in total. The topological polar surface area (TPSA) is 305 Å². The molecule has 2 saturated heterocycles. The van der Waals surface area contributed by atoms with Crippen molar-refractivity contribution in [2.24, 2.45) is 0 Å². The molecule has 4 aromatic heterocycles. The van der Waals surface area contributed by atoms with Crippen LogP contribution in [-0.4, -0.2) is 121 Å². The molecular weight excluding hydrogens is 1470 g/mol. The van der Waals surface area contributed by atoms with E-state index >= 15 is 0 Å². The second kappa shape index (κ2) is 38.6. The molecule has 1 unspecified atom stereocenters. The highest BCUT2D eigenvalue weighted by Gasteiger charge is 2.33. The number of amides is 1. The van der Waals surface area contributed by atoms with Gasteiger partial charge in [-0.25, -0.2) is 13.2 Å². The van der Waals surface area contributed by atoms with Gasteiger partial charge in [0.05, 0.1) is 92.2 Å². The number of phenolic OH excluding ortho intramolecular Hbond substituents is 2. The van der Waals surface area contributed by atoms with Crippen LogP contribution in [0.5, 0.6) is 40.2 Å². The molecule has 5 N–H and O–H groups in total. The van der Waals surface area contributed by atoms with Crippen LogP contribution in [0.3, 0.4) is 0 Å².